The topological polar surface area (TPSA) is 66.4 Å². The maximum atomic E-state index is 12.2. The van der Waals surface area contributed by atoms with Gasteiger partial charge in [0.15, 0.2) is 0 Å². The fourth-order valence-electron chi connectivity index (χ4n) is 3.28. The van der Waals surface area contributed by atoms with Crippen molar-refractivity contribution in [2.45, 2.75) is 32.2 Å². The molecule has 2 fully saturated rings. The highest BCUT2D eigenvalue weighted by Gasteiger charge is 2.66. The van der Waals surface area contributed by atoms with E-state index in [9.17, 15) is 9.59 Å². The Kier molecular flexibility index (Phi) is 2.85. The van der Waals surface area contributed by atoms with Gasteiger partial charge in [-0.1, -0.05) is 44.2 Å². The molecule has 0 radical (unpaired) electrons. The average Bonchev–Trinajstić information content (AvgIpc) is 3.25. The van der Waals surface area contributed by atoms with Gasteiger partial charge in [0.25, 0.3) is 0 Å². The summed E-state index contributed by atoms with van der Waals surface area (Å²) >= 11 is 0. The maximum absolute atomic E-state index is 12.2. The Labute approximate surface area is 118 Å². The van der Waals surface area contributed by atoms with E-state index < -0.39 is 23.2 Å². The van der Waals surface area contributed by atoms with E-state index in [-0.39, 0.29) is 11.9 Å². The van der Waals surface area contributed by atoms with Crippen LogP contribution in [-0.2, 0) is 9.59 Å². The summed E-state index contributed by atoms with van der Waals surface area (Å²) in [5, 5.41) is 12.1. The van der Waals surface area contributed by atoms with Gasteiger partial charge in [0.1, 0.15) is 0 Å². The molecule has 4 atom stereocenters. The summed E-state index contributed by atoms with van der Waals surface area (Å²) in [4.78, 5) is 23.3. The van der Waals surface area contributed by atoms with E-state index >= 15 is 0 Å². The van der Waals surface area contributed by atoms with Crippen LogP contribution in [0.2, 0.25) is 0 Å². The van der Waals surface area contributed by atoms with Crippen LogP contribution in [0.15, 0.2) is 30.3 Å². The van der Waals surface area contributed by atoms with Crippen molar-refractivity contribution < 1.29 is 14.7 Å². The van der Waals surface area contributed by atoms with Gasteiger partial charge in [0, 0.05) is 12.0 Å². The Morgan fingerprint density at radius 1 is 1.20 bits per heavy atom. The second-order valence-electron chi connectivity index (χ2n) is 6.48. The van der Waals surface area contributed by atoms with E-state index in [2.05, 4.69) is 17.4 Å². The molecule has 4 nitrogen and oxygen atoms in total. The molecule has 0 bridgehead atoms. The number of carboxylic acid groups (broad SMARTS) is 1. The summed E-state index contributed by atoms with van der Waals surface area (Å²) in [6.45, 7) is 3.69. The highest BCUT2D eigenvalue weighted by molar-refractivity contribution is 5.92. The van der Waals surface area contributed by atoms with Crippen molar-refractivity contribution in [1.82, 2.24) is 5.32 Å². The first-order valence-electron chi connectivity index (χ1n) is 7.01. The third-order valence-corrected chi connectivity index (χ3v) is 4.72. The molecule has 1 amide bonds. The van der Waals surface area contributed by atoms with E-state index in [1.54, 1.807) is 0 Å². The fraction of sp³-hybridized carbons (Fsp3) is 0.500. The first-order chi connectivity index (χ1) is 9.43. The van der Waals surface area contributed by atoms with Crippen LogP contribution in [-0.4, -0.2) is 23.0 Å². The number of carboxylic acids is 1. The third kappa shape index (κ3) is 2.09. The van der Waals surface area contributed by atoms with Gasteiger partial charge in [-0.15, -0.1) is 0 Å². The molecule has 0 aromatic heterocycles. The molecular weight excluding hydrogens is 254 g/mol. The lowest BCUT2D eigenvalue weighted by molar-refractivity contribution is -0.140. The van der Waals surface area contributed by atoms with Crippen molar-refractivity contribution in [2.24, 2.45) is 17.3 Å². The molecule has 1 aromatic rings. The number of hydrogen-bond donors (Lipinski definition) is 2. The van der Waals surface area contributed by atoms with Crippen LogP contribution < -0.4 is 5.32 Å². The second kappa shape index (κ2) is 4.33. The molecule has 0 aliphatic heterocycles. The zero-order valence-electron chi connectivity index (χ0n) is 11.7. The Morgan fingerprint density at radius 2 is 1.85 bits per heavy atom. The van der Waals surface area contributed by atoms with Gasteiger partial charge in [-0.3, -0.25) is 9.59 Å². The van der Waals surface area contributed by atoms with E-state index in [0.29, 0.717) is 5.92 Å². The normalized spacial score (nSPS) is 33.3. The summed E-state index contributed by atoms with van der Waals surface area (Å²) in [6.07, 6.45) is 0.945. The Balaban J connectivity index is 1.59. The highest BCUT2D eigenvalue weighted by Crippen LogP contribution is 2.58. The van der Waals surface area contributed by atoms with Crippen molar-refractivity contribution in [1.29, 1.82) is 0 Å². The van der Waals surface area contributed by atoms with Crippen LogP contribution in [0.4, 0.5) is 0 Å². The van der Waals surface area contributed by atoms with Gasteiger partial charge in [-0.25, -0.2) is 0 Å². The molecule has 4 unspecified atom stereocenters. The smallest absolute Gasteiger partial charge is 0.307 e. The molecule has 0 spiro atoms. The van der Waals surface area contributed by atoms with Crippen molar-refractivity contribution in [2.75, 3.05) is 0 Å². The number of carbonyl (C=O) groups is 2. The molecule has 2 aliphatic rings. The molecule has 20 heavy (non-hydrogen) atoms. The van der Waals surface area contributed by atoms with Gasteiger partial charge in [0.2, 0.25) is 5.91 Å². The summed E-state index contributed by atoms with van der Waals surface area (Å²) in [6, 6.07) is 10.3. The summed E-state index contributed by atoms with van der Waals surface area (Å²) in [5.41, 5.74) is 0.815. The lowest BCUT2D eigenvalue weighted by atomic mass is 10.1. The largest absolute Gasteiger partial charge is 0.481 e. The van der Waals surface area contributed by atoms with Crippen molar-refractivity contribution in [3.05, 3.63) is 35.9 Å². The van der Waals surface area contributed by atoms with Crippen LogP contribution in [0, 0.1) is 17.3 Å². The number of rotatable bonds is 4. The first-order valence-corrected chi connectivity index (χ1v) is 7.01. The van der Waals surface area contributed by atoms with Crippen molar-refractivity contribution in [3.8, 4) is 0 Å². The molecule has 2 aliphatic carbocycles. The number of benzene rings is 1. The quantitative estimate of drug-likeness (QED) is 0.882. The summed E-state index contributed by atoms with van der Waals surface area (Å²) < 4.78 is 0. The monoisotopic (exact) mass is 273 g/mol. The van der Waals surface area contributed by atoms with Gasteiger partial charge < -0.3 is 10.4 Å². The molecule has 106 valence electrons. The molecular formula is C16H19NO3. The number of amides is 1. The maximum Gasteiger partial charge on any atom is 0.307 e. The van der Waals surface area contributed by atoms with Gasteiger partial charge in [-0.2, -0.15) is 0 Å². The first kappa shape index (κ1) is 13.2. The lowest BCUT2D eigenvalue weighted by Crippen LogP contribution is -2.30. The average molecular weight is 273 g/mol. The molecule has 2 saturated carbocycles. The van der Waals surface area contributed by atoms with Crippen molar-refractivity contribution >= 4 is 11.9 Å². The SMILES string of the molecule is CC1(C)C(C(=O)O)C1C(=O)NC1CC1c1ccccc1. The number of hydrogen-bond acceptors (Lipinski definition) is 2. The predicted octanol–water partition coefficient (Wildman–Crippen LogP) is 2.02. The molecule has 1 aromatic carbocycles. The molecule has 0 heterocycles. The minimum Gasteiger partial charge on any atom is -0.481 e. The van der Waals surface area contributed by atoms with Crippen LogP contribution in [0.25, 0.3) is 0 Å². The minimum atomic E-state index is -0.870. The summed E-state index contributed by atoms with van der Waals surface area (Å²) in [7, 11) is 0. The minimum absolute atomic E-state index is 0.106. The molecule has 0 saturated heterocycles. The zero-order chi connectivity index (χ0) is 14.5. The van der Waals surface area contributed by atoms with Crippen molar-refractivity contribution in [3.63, 3.8) is 0 Å². The number of carbonyl (C=O) groups excluding carboxylic acids is 1. The van der Waals surface area contributed by atoms with Gasteiger partial charge in [-0.05, 0) is 17.4 Å². The van der Waals surface area contributed by atoms with Gasteiger partial charge in [0.05, 0.1) is 11.8 Å². The van der Waals surface area contributed by atoms with Crippen LogP contribution in [0.5, 0.6) is 0 Å². The Morgan fingerprint density at radius 3 is 2.40 bits per heavy atom. The predicted molar refractivity (Wildman–Crippen MR) is 74.1 cm³/mol. The van der Waals surface area contributed by atoms with E-state index in [1.165, 1.54) is 5.56 Å². The third-order valence-electron chi connectivity index (χ3n) is 4.72. The molecule has 4 heteroatoms. The second-order valence-corrected chi connectivity index (χ2v) is 6.48. The number of aliphatic carboxylic acids is 1. The highest BCUT2D eigenvalue weighted by atomic mass is 16.4. The fourth-order valence-corrected chi connectivity index (χ4v) is 3.28. The van der Waals surface area contributed by atoms with E-state index in [4.69, 9.17) is 5.11 Å². The molecule has 2 N–H and O–H groups in total. The Bertz CT molecular complexity index is 552. The van der Waals surface area contributed by atoms with Gasteiger partial charge >= 0.3 is 5.97 Å². The van der Waals surface area contributed by atoms with Crippen LogP contribution in [0.1, 0.15) is 31.7 Å². The Hall–Kier alpha value is -1.84. The van der Waals surface area contributed by atoms with Crippen LogP contribution >= 0.6 is 0 Å². The summed E-state index contributed by atoms with van der Waals surface area (Å²) in [5.74, 6) is -1.53. The molecule has 3 rings (SSSR count). The standard InChI is InChI=1S/C16H19NO3/c1-16(2)12(13(16)15(19)20)14(18)17-11-8-10(11)9-6-4-3-5-7-9/h3-7,10-13H,8H2,1-2H3,(H,17,18)(H,19,20). The van der Waals surface area contributed by atoms with Crippen LogP contribution in [0.3, 0.4) is 0 Å². The lowest BCUT2D eigenvalue weighted by Gasteiger charge is -2.05. The zero-order valence-corrected chi connectivity index (χ0v) is 11.7. The number of nitrogens with one attached hydrogen (secondary N) is 1. The van der Waals surface area contributed by atoms with E-state index in [1.807, 2.05) is 32.0 Å². The van der Waals surface area contributed by atoms with E-state index in [0.717, 1.165) is 6.42 Å².